The highest BCUT2D eigenvalue weighted by atomic mass is 16.7. The van der Waals surface area contributed by atoms with Crippen molar-refractivity contribution < 1.29 is 49.3 Å². The number of ketones is 1. The number of hydrogen-bond donors (Lipinski definition) is 5. The van der Waals surface area contributed by atoms with Crippen molar-refractivity contribution in [3.05, 3.63) is 46.1 Å². The second-order valence-corrected chi connectivity index (χ2v) is 26.4. The highest BCUT2D eigenvalue weighted by molar-refractivity contribution is 5.92. The molecule has 4 saturated carbocycles. The molecule has 3 spiro atoms. The maximum absolute atomic E-state index is 15.0. The highest BCUT2D eigenvalue weighted by Crippen LogP contribution is 2.73. The number of hydrogen-bond acceptors (Lipinski definition) is 12. The molecule has 13 rings (SSSR count). The summed E-state index contributed by atoms with van der Waals surface area (Å²) in [6, 6.07) is 0. The number of ether oxygens (including phenoxy) is 4. The van der Waals surface area contributed by atoms with E-state index in [4.69, 9.17) is 28.9 Å². The number of Topliss-reactive ketones (excluding diaryl/α,β-unsaturated/α-hetero) is 1. The Labute approximate surface area is 389 Å². The summed E-state index contributed by atoms with van der Waals surface area (Å²) in [5.41, 5.74) is 0.0789. The van der Waals surface area contributed by atoms with E-state index in [1.54, 1.807) is 0 Å². The van der Waals surface area contributed by atoms with Crippen molar-refractivity contribution >= 4 is 5.78 Å². The van der Waals surface area contributed by atoms with Crippen LogP contribution in [0, 0.1) is 69.0 Å². The molecule has 12 nitrogen and oxygen atoms in total. The van der Waals surface area contributed by atoms with Gasteiger partial charge in [-0.3, -0.25) is 14.8 Å². The predicted octanol–water partition coefficient (Wildman–Crippen LogP) is 5.65. The van der Waals surface area contributed by atoms with Crippen molar-refractivity contribution in [3.63, 3.8) is 0 Å². The number of aliphatic hydroxyl groups is 5. The Morgan fingerprint density at radius 2 is 1.35 bits per heavy atom. The summed E-state index contributed by atoms with van der Waals surface area (Å²) in [5.74, 6) is -2.51. The van der Waals surface area contributed by atoms with Gasteiger partial charge in [0.1, 0.15) is 29.7 Å². The zero-order valence-corrected chi connectivity index (χ0v) is 40.7. The maximum atomic E-state index is 15.0. The number of carbonyl (C=O) groups is 1. The van der Waals surface area contributed by atoms with E-state index in [-0.39, 0.29) is 59.7 Å². The van der Waals surface area contributed by atoms with E-state index in [2.05, 4.69) is 32.9 Å². The summed E-state index contributed by atoms with van der Waals surface area (Å²) in [6.45, 7) is 18.8. The molecular formula is C54H74N2O10. The van der Waals surface area contributed by atoms with Crippen LogP contribution >= 0.6 is 0 Å². The summed E-state index contributed by atoms with van der Waals surface area (Å²) in [7, 11) is 0. The molecule has 0 amide bonds. The van der Waals surface area contributed by atoms with Crippen LogP contribution in [0.5, 0.6) is 0 Å². The van der Waals surface area contributed by atoms with Crippen molar-refractivity contribution in [2.24, 2.45) is 69.0 Å². The second kappa shape index (κ2) is 12.8. The second-order valence-electron chi connectivity index (χ2n) is 26.4. The zero-order chi connectivity index (χ0) is 46.5. The Kier molecular flexibility index (Phi) is 8.54. The molecule has 0 unspecified atom stereocenters. The molecule has 1 aromatic heterocycles. The number of nitrogens with zero attached hydrogens (tertiary/aromatic N) is 2. The first-order chi connectivity index (χ1) is 30.8. The minimum Gasteiger partial charge on any atom is -0.392 e. The van der Waals surface area contributed by atoms with Crippen molar-refractivity contribution in [2.75, 3.05) is 6.61 Å². The number of aromatic nitrogens is 2. The molecule has 66 heavy (non-hydrogen) atoms. The maximum Gasteiger partial charge on any atom is 0.201 e. The van der Waals surface area contributed by atoms with Crippen molar-refractivity contribution in [1.29, 1.82) is 0 Å². The monoisotopic (exact) mass is 911 g/mol. The van der Waals surface area contributed by atoms with Crippen LogP contribution in [-0.4, -0.2) is 106 Å². The molecule has 5 N–H and O–H groups in total. The van der Waals surface area contributed by atoms with Crippen molar-refractivity contribution in [2.45, 2.75) is 204 Å². The van der Waals surface area contributed by atoms with Gasteiger partial charge in [0.25, 0.3) is 0 Å². The largest absolute Gasteiger partial charge is 0.392 e. The molecule has 4 saturated heterocycles. The van der Waals surface area contributed by atoms with Gasteiger partial charge in [0.05, 0.1) is 57.7 Å². The quantitative estimate of drug-likeness (QED) is 0.203. The lowest BCUT2D eigenvalue weighted by molar-refractivity contribution is -0.337. The lowest BCUT2D eigenvalue weighted by atomic mass is 9.42. The molecule has 4 aliphatic heterocycles. The Balaban J connectivity index is 0.775. The molecule has 5 heterocycles. The van der Waals surface area contributed by atoms with E-state index in [1.165, 1.54) is 0 Å². The van der Waals surface area contributed by atoms with Crippen molar-refractivity contribution in [1.82, 2.24) is 9.97 Å². The zero-order valence-electron chi connectivity index (χ0n) is 40.7. The number of fused-ring (bicyclic) bond motifs is 13. The standard InChI is InChI=1S/C54H74N2O10/c1-26-31-14-15-32-33-13-11-29-17-37-39(21-48(29,8)51(33,61)24-41(58)50(31,32)25-63-53(26)42(59)22-45(3,4)65-53)56-36-16-28-10-12-30-34(47(28,7)20-38(36)55-37)18-40(57)49(9)35(30)19-44-52(49,62)27(2)54(64-44)43(60)23-46(5,6)66-54/h15,19,26-31,33-34,40,42-44,57,59-62H,10-14,16-18,20-25H2,1-9H3/t26-,27-,28-,29-,30+,31+,33-,34-,40+,42+,43+,44-,47-,48-,49+,50+,51+,52+,53+,54-/m0/s1. The van der Waals surface area contributed by atoms with E-state index in [0.29, 0.717) is 38.0 Å². The first-order valence-corrected chi connectivity index (χ1v) is 25.9. The molecule has 360 valence electrons. The minimum atomic E-state index is -1.43. The fourth-order valence-corrected chi connectivity index (χ4v) is 19.3. The fraction of sp³-hybridized carbons (Fsp3) is 0.833. The topological polar surface area (TPSA) is 181 Å². The molecular weight excluding hydrogens is 837 g/mol. The molecule has 0 radical (unpaired) electrons. The van der Waals surface area contributed by atoms with Crippen LogP contribution in [0.2, 0.25) is 0 Å². The summed E-state index contributed by atoms with van der Waals surface area (Å²) in [5, 5.41) is 61.4. The van der Waals surface area contributed by atoms with Gasteiger partial charge in [0.2, 0.25) is 5.79 Å². The van der Waals surface area contributed by atoms with Gasteiger partial charge in [-0.15, -0.1) is 0 Å². The van der Waals surface area contributed by atoms with Gasteiger partial charge >= 0.3 is 0 Å². The van der Waals surface area contributed by atoms with Gasteiger partial charge < -0.3 is 44.5 Å². The Morgan fingerprint density at radius 3 is 2.02 bits per heavy atom. The van der Waals surface area contributed by atoms with E-state index >= 15 is 0 Å². The lowest BCUT2D eigenvalue weighted by Gasteiger charge is -2.64. The molecule has 12 aliphatic rings. The average Bonchev–Trinajstić information content (AvgIpc) is 3.94. The Morgan fingerprint density at radius 1 is 0.712 bits per heavy atom. The molecule has 1 aromatic rings. The van der Waals surface area contributed by atoms with Crippen LogP contribution in [0.15, 0.2) is 23.3 Å². The van der Waals surface area contributed by atoms with Crippen LogP contribution in [0.1, 0.15) is 143 Å². The Hall–Kier alpha value is -2.13. The molecule has 12 heteroatoms. The first-order valence-electron chi connectivity index (χ1n) is 25.9. The van der Waals surface area contributed by atoms with Crippen molar-refractivity contribution in [3.8, 4) is 0 Å². The summed E-state index contributed by atoms with van der Waals surface area (Å²) >= 11 is 0. The van der Waals surface area contributed by atoms with Gasteiger partial charge in [-0.2, -0.15) is 0 Å². The van der Waals surface area contributed by atoms with Gasteiger partial charge in [-0.25, -0.2) is 0 Å². The SMILES string of the molecule is C[C@@H]1[C@]2(O[C@H]3C=C4[C@@H]5CC[C@H]6Cc7nc8c(nc7C[C@]6(C)[C@H]5C[C@@H](O)[C@]4(C)[C@]31O)C[C@@H]1CC[C@H]3C4=CC[C@@H]5[C@H](C)[C@@]6(OC[C@]45C(=O)C[C@]3(O)[C@@]1(C)C8)OC(C)(C)C[C@H]6O)OC(C)(C)C[C@H]2O. The number of carbonyl (C=O) groups excluding carboxylic acids is 1. The van der Waals surface area contributed by atoms with E-state index in [0.717, 1.165) is 78.9 Å². The van der Waals surface area contributed by atoms with Crippen LogP contribution < -0.4 is 0 Å². The third kappa shape index (κ3) is 4.83. The normalized spacial score (nSPS) is 56.5. The summed E-state index contributed by atoms with van der Waals surface area (Å²) in [4.78, 5) is 26.0. The van der Waals surface area contributed by atoms with Crippen LogP contribution in [-0.2, 0) is 49.4 Å². The van der Waals surface area contributed by atoms with Gasteiger partial charge in [0, 0.05) is 47.8 Å². The van der Waals surface area contributed by atoms with Gasteiger partial charge in [0.15, 0.2) is 5.79 Å². The van der Waals surface area contributed by atoms with E-state index in [1.807, 2.05) is 41.5 Å². The third-order valence-corrected chi connectivity index (χ3v) is 22.8. The number of allylic oxidation sites excluding steroid dienone is 1. The fourth-order valence-electron chi connectivity index (χ4n) is 19.3. The Bertz CT molecular complexity index is 2420. The average molecular weight is 911 g/mol. The molecule has 8 fully saturated rings. The van der Waals surface area contributed by atoms with Gasteiger partial charge in [-0.1, -0.05) is 57.9 Å². The molecule has 20 atom stereocenters. The smallest absolute Gasteiger partial charge is 0.201 e. The number of aliphatic hydroxyl groups excluding tert-OH is 3. The third-order valence-electron chi connectivity index (χ3n) is 22.8. The minimum absolute atomic E-state index is 0.0559. The molecule has 0 aromatic carbocycles. The van der Waals surface area contributed by atoms with Crippen LogP contribution in [0.3, 0.4) is 0 Å². The van der Waals surface area contributed by atoms with Crippen LogP contribution in [0.4, 0.5) is 0 Å². The summed E-state index contributed by atoms with van der Waals surface area (Å²) in [6.07, 6.45) is 10.1. The van der Waals surface area contributed by atoms with E-state index in [9.17, 15) is 30.3 Å². The predicted molar refractivity (Wildman–Crippen MR) is 240 cm³/mol. The lowest BCUT2D eigenvalue weighted by Crippen LogP contribution is -2.70. The number of rotatable bonds is 0. The highest BCUT2D eigenvalue weighted by Gasteiger charge is 2.79. The van der Waals surface area contributed by atoms with E-state index < -0.39 is 80.6 Å². The first kappa shape index (κ1) is 43.9. The summed E-state index contributed by atoms with van der Waals surface area (Å²) < 4.78 is 26.3. The molecule has 8 aliphatic carbocycles. The van der Waals surface area contributed by atoms with Gasteiger partial charge in [-0.05, 0) is 127 Å². The van der Waals surface area contributed by atoms with Crippen LogP contribution in [0.25, 0.3) is 0 Å². The molecule has 0 bridgehead atoms.